The number of hydrogen-bond donors (Lipinski definition) is 1. The molecule has 1 saturated heterocycles. The first-order valence-electron chi connectivity index (χ1n) is 7.08. The van der Waals surface area contributed by atoms with Gasteiger partial charge in [0.1, 0.15) is 0 Å². The maximum atomic E-state index is 6.11. The van der Waals surface area contributed by atoms with Crippen molar-refractivity contribution in [3.63, 3.8) is 0 Å². The normalized spacial score (nSPS) is 23.9. The predicted molar refractivity (Wildman–Crippen MR) is 76.8 cm³/mol. The van der Waals surface area contributed by atoms with E-state index in [2.05, 4.69) is 22.0 Å². The van der Waals surface area contributed by atoms with Crippen LogP contribution in [0.2, 0.25) is 0 Å². The summed E-state index contributed by atoms with van der Waals surface area (Å²) in [6.45, 7) is 4.82. The first-order chi connectivity index (χ1) is 9.72. The Labute approximate surface area is 118 Å². The molecule has 1 aromatic heterocycles. The van der Waals surface area contributed by atoms with Crippen LogP contribution in [0.15, 0.2) is 34.7 Å². The summed E-state index contributed by atoms with van der Waals surface area (Å²) >= 11 is 0. The molecule has 0 bridgehead atoms. The Hall–Kier alpha value is -1.72. The van der Waals surface area contributed by atoms with Gasteiger partial charge in [-0.15, -0.1) is 10.2 Å². The van der Waals surface area contributed by atoms with Crippen molar-refractivity contribution in [2.45, 2.75) is 25.9 Å². The fourth-order valence-corrected chi connectivity index (χ4v) is 2.52. The molecule has 1 aliphatic rings. The minimum atomic E-state index is 0.236. The Balaban J connectivity index is 1.66. The number of hydrogen-bond acceptors (Lipinski definition) is 5. The molecule has 1 fully saturated rings. The smallest absolute Gasteiger partial charge is 0.247 e. The minimum Gasteiger partial charge on any atom is -0.419 e. The monoisotopic (exact) mass is 272 g/mol. The highest BCUT2D eigenvalue weighted by atomic mass is 16.4. The summed E-state index contributed by atoms with van der Waals surface area (Å²) in [6.07, 6.45) is 1.13. The maximum absolute atomic E-state index is 6.11. The largest absolute Gasteiger partial charge is 0.419 e. The third kappa shape index (κ3) is 2.89. The number of nitrogens with zero attached hydrogens (tertiary/aromatic N) is 3. The molecule has 0 spiro atoms. The van der Waals surface area contributed by atoms with Crippen LogP contribution < -0.4 is 5.73 Å². The number of rotatable bonds is 3. The van der Waals surface area contributed by atoms with Crippen molar-refractivity contribution >= 4 is 0 Å². The van der Waals surface area contributed by atoms with Gasteiger partial charge >= 0.3 is 0 Å². The Morgan fingerprint density at radius 2 is 2.10 bits per heavy atom. The van der Waals surface area contributed by atoms with E-state index in [0.717, 1.165) is 25.1 Å². The van der Waals surface area contributed by atoms with Gasteiger partial charge in [0, 0.05) is 18.2 Å². The SMILES string of the molecule is CC1CCN(Cc2nnc(-c3ccccc3)o2)CC1N. The zero-order valence-electron chi connectivity index (χ0n) is 11.7. The van der Waals surface area contributed by atoms with Crippen molar-refractivity contribution in [3.05, 3.63) is 36.2 Å². The van der Waals surface area contributed by atoms with E-state index in [0.29, 0.717) is 24.2 Å². The number of likely N-dealkylation sites (tertiary alicyclic amines) is 1. The maximum Gasteiger partial charge on any atom is 0.247 e. The average molecular weight is 272 g/mol. The van der Waals surface area contributed by atoms with Crippen molar-refractivity contribution in [3.8, 4) is 11.5 Å². The highest BCUT2D eigenvalue weighted by Crippen LogP contribution is 2.20. The lowest BCUT2D eigenvalue weighted by Gasteiger charge is -2.34. The zero-order chi connectivity index (χ0) is 13.9. The number of piperidine rings is 1. The molecule has 0 amide bonds. The van der Waals surface area contributed by atoms with Gasteiger partial charge in [-0.2, -0.15) is 0 Å². The molecule has 2 unspecified atom stereocenters. The van der Waals surface area contributed by atoms with Gasteiger partial charge in [0.25, 0.3) is 0 Å². The fraction of sp³-hybridized carbons (Fsp3) is 0.467. The quantitative estimate of drug-likeness (QED) is 0.924. The van der Waals surface area contributed by atoms with Crippen LogP contribution in [0.4, 0.5) is 0 Å². The van der Waals surface area contributed by atoms with Crippen LogP contribution >= 0.6 is 0 Å². The van der Waals surface area contributed by atoms with Crippen molar-refractivity contribution in [2.75, 3.05) is 13.1 Å². The van der Waals surface area contributed by atoms with Gasteiger partial charge in [0.05, 0.1) is 6.54 Å². The van der Waals surface area contributed by atoms with Gasteiger partial charge in [0.15, 0.2) is 0 Å². The Morgan fingerprint density at radius 3 is 2.85 bits per heavy atom. The van der Waals surface area contributed by atoms with Gasteiger partial charge in [-0.3, -0.25) is 4.90 Å². The molecule has 5 heteroatoms. The fourth-order valence-electron chi connectivity index (χ4n) is 2.52. The summed E-state index contributed by atoms with van der Waals surface area (Å²) in [5.41, 5.74) is 7.06. The van der Waals surface area contributed by atoms with Crippen LogP contribution in [0.1, 0.15) is 19.2 Å². The third-order valence-corrected chi connectivity index (χ3v) is 3.95. The Kier molecular flexibility index (Phi) is 3.80. The minimum absolute atomic E-state index is 0.236. The molecular formula is C15H20N4O. The molecule has 2 atom stereocenters. The number of benzene rings is 1. The Morgan fingerprint density at radius 1 is 1.30 bits per heavy atom. The Bertz CT molecular complexity index is 554. The summed E-state index contributed by atoms with van der Waals surface area (Å²) in [7, 11) is 0. The summed E-state index contributed by atoms with van der Waals surface area (Å²) in [4.78, 5) is 2.28. The van der Waals surface area contributed by atoms with Crippen LogP contribution in [0.5, 0.6) is 0 Å². The molecule has 20 heavy (non-hydrogen) atoms. The number of nitrogens with two attached hydrogens (primary N) is 1. The summed E-state index contributed by atoms with van der Waals surface area (Å²) in [6, 6.07) is 10.1. The molecule has 0 radical (unpaired) electrons. The lowest BCUT2D eigenvalue weighted by molar-refractivity contribution is 0.150. The topological polar surface area (TPSA) is 68.2 Å². The standard InChI is InChI=1S/C15H20N4O/c1-11-7-8-19(9-13(11)16)10-14-17-18-15(20-14)12-5-3-2-4-6-12/h2-6,11,13H,7-10,16H2,1H3. The second kappa shape index (κ2) is 5.73. The van der Waals surface area contributed by atoms with E-state index in [-0.39, 0.29) is 6.04 Å². The van der Waals surface area contributed by atoms with Crippen LogP contribution in [-0.2, 0) is 6.54 Å². The lowest BCUT2D eigenvalue weighted by atomic mass is 9.94. The summed E-state index contributed by atoms with van der Waals surface area (Å²) < 4.78 is 5.73. The van der Waals surface area contributed by atoms with Crippen molar-refractivity contribution in [2.24, 2.45) is 11.7 Å². The molecule has 1 aromatic carbocycles. The van der Waals surface area contributed by atoms with E-state index in [4.69, 9.17) is 10.2 Å². The second-order valence-electron chi connectivity index (χ2n) is 5.53. The summed E-state index contributed by atoms with van der Waals surface area (Å²) in [5.74, 6) is 1.83. The van der Waals surface area contributed by atoms with Crippen LogP contribution in [0.25, 0.3) is 11.5 Å². The van der Waals surface area contributed by atoms with Gasteiger partial charge < -0.3 is 10.2 Å². The highest BCUT2D eigenvalue weighted by molar-refractivity contribution is 5.51. The van der Waals surface area contributed by atoms with Crippen molar-refractivity contribution in [1.29, 1.82) is 0 Å². The molecule has 3 rings (SSSR count). The van der Waals surface area contributed by atoms with E-state index in [9.17, 15) is 0 Å². The molecule has 5 nitrogen and oxygen atoms in total. The highest BCUT2D eigenvalue weighted by Gasteiger charge is 2.24. The zero-order valence-corrected chi connectivity index (χ0v) is 11.7. The average Bonchev–Trinajstić information content (AvgIpc) is 2.92. The van der Waals surface area contributed by atoms with E-state index >= 15 is 0 Å². The lowest BCUT2D eigenvalue weighted by Crippen LogP contribution is -2.47. The van der Waals surface area contributed by atoms with Crippen LogP contribution in [-0.4, -0.2) is 34.2 Å². The molecule has 0 saturated carbocycles. The van der Waals surface area contributed by atoms with E-state index < -0.39 is 0 Å². The van der Waals surface area contributed by atoms with E-state index in [1.54, 1.807) is 0 Å². The molecule has 2 heterocycles. The third-order valence-electron chi connectivity index (χ3n) is 3.95. The molecular weight excluding hydrogens is 252 g/mol. The predicted octanol–water partition coefficient (Wildman–Crippen LogP) is 1.91. The van der Waals surface area contributed by atoms with E-state index in [1.807, 2.05) is 30.3 Å². The van der Waals surface area contributed by atoms with Crippen LogP contribution in [0, 0.1) is 5.92 Å². The molecule has 106 valence electrons. The van der Waals surface area contributed by atoms with Crippen LogP contribution in [0.3, 0.4) is 0 Å². The molecule has 1 aliphatic heterocycles. The van der Waals surface area contributed by atoms with Crippen molar-refractivity contribution in [1.82, 2.24) is 15.1 Å². The van der Waals surface area contributed by atoms with Gasteiger partial charge in [0.2, 0.25) is 11.8 Å². The van der Waals surface area contributed by atoms with Gasteiger partial charge in [-0.1, -0.05) is 25.1 Å². The van der Waals surface area contributed by atoms with Gasteiger partial charge in [-0.25, -0.2) is 0 Å². The molecule has 2 aromatic rings. The first-order valence-corrected chi connectivity index (χ1v) is 7.08. The van der Waals surface area contributed by atoms with Crippen molar-refractivity contribution < 1.29 is 4.42 Å². The first kappa shape index (κ1) is 13.3. The molecule has 0 aliphatic carbocycles. The number of aromatic nitrogens is 2. The van der Waals surface area contributed by atoms with E-state index in [1.165, 1.54) is 0 Å². The molecule has 2 N–H and O–H groups in total. The summed E-state index contributed by atoms with van der Waals surface area (Å²) in [5, 5.41) is 8.24. The second-order valence-corrected chi connectivity index (χ2v) is 5.53. The van der Waals surface area contributed by atoms with Gasteiger partial charge in [-0.05, 0) is 31.0 Å².